The van der Waals surface area contributed by atoms with E-state index in [2.05, 4.69) is 9.97 Å². The maximum atomic E-state index is 12.4. The van der Waals surface area contributed by atoms with Gasteiger partial charge in [0.15, 0.2) is 0 Å². The number of fused-ring (bicyclic) bond motifs is 1. The van der Waals surface area contributed by atoms with Crippen molar-refractivity contribution in [2.24, 2.45) is 0 Å². The van der Waals surface area contributed by atoms with E-state index in [1.165, 1.54) is 14.2 Å². The van der Waals surface area contributed by atoms with Gasteiger partial charge in [0.25, 0.3) is 0 Å². The average molecular weight is 338 g/mol. The van der Waals surface area contributed by atoms with Gasteiger partial charge in [-0.1, -0.05) is 12.1 Å². The zero-order valence-electron chi connectivity index (χ0n) is 14.3. The third-order valence-electron chi connectivity index (χ3n) is 3.81. The van der Waals surface area contributed by atoms with E-state index in [4.69, 9.17) is 14.2 Å². The smallest absolute Gasteiger partial charge is 0.342 e. The second-order valence-corrected chi connectivity index (χ2v) is 5.39. The second kappa shape index (κ2) is 7.17. The highest BCUT2D eigenvalue weighted by Gasteiger charge is 2.16. The number of rotatable bonds is 5. The number of hydrogen-bond acceptors (Lipinski definition) is 6. The Balaban J connectivity index is 1.82. The summed E-state index contributed by atoms with van der Waals surface area (Å²) >= 11 is 0. The first-order chi connectivity index (χ1) is 12.1. The molecule has 25 heavy (non-hydrogen) atoms. The minimum Gasteiger partial charge on any atom is -0.497 e. The van der Waals surface area contributed by atoms with Gasteiger partial charge in [0, 0.05) is 0 Å². The van der Waals surface area contributed by atoms with Crippen LogP contribution in [0.4, 0.5) is 0 Å². The second-order valence-electron chi connectivity index (χ2n) is 5.39. The lowest BCUT2D eigenvalue weighted by atomic mass is 10.2. The summed E-state index contributed by atoms with van der Waals surface area (Å²) in [5.74, 6) is 0.464. The van der Waals surface area contributed by atoms with Crippen molar-refractivity contribution in [3.63, 3.8) is 0 Å². The van der Waals surface area contributed by atoms with Crippen molar-refractivity contribution < 1.29 is 19.0 Å². The van der Waals surface area contributed by atoms with E-state index in [0.717, 1.165) is 16.7 Å². The third-order valence-corrected chi connectivity index (χ3v) is 3.81. The number of para-hydroxylation sites is 2. The Hall–Kier alpha value is -3.15. The number of aromatic nitrogens is 2. The van der Waals surface area contributed by atoms with Crippen LogP contribution in [0.3, 0.4) is 0 Å². The van der Waals surface area contributed by atoms with Gasteiger partial charge in [-0.15, -0.1) is 0 Å². The summed E-state index contributed by atoms with van der Waals surface area (Å²) in [6.45, 7) is 1.87. The summed E-state index contributed by atoms with van der Waals surface area (Å²) in [4.78, 5) is 21.4. The van der Waals surface area contributed by atoms with Crippen LogP contribution in [0.15, 0.2) is 42.5 Å². The van der Waals surface area contributed by atoms with Crippen LogP contribution < -0.4 is 9.47 Å². The van der Waals surface area contributed by atoms with Crippen LogP contribution in [0.1, 0.15) is 21.7 Å². The van der Waals surface area contributed by atoms with E-state index < -0.39 is 5.97 Å². The van der Waals surface area contributed by atoms with Gasteiger partial charge in [0.05, 0.1) is 36.6 Å². The zero-order valence-corrected chi connectivity index (χ0v) is 14.3. The van der Waals surface area contributed by atoms with E-state index >= 15 is 0 Å². The number of methoxy groups -OCH3 is 2. The van der Waals surface area contributed by atoms with Gasteiger partial charge in [0.1, 0.15) is 23.7 Å². The van der Waals surface area contributed by atoms with Gasteiger partial charge in [-0.25, -0.2) is 14.8 Å². The molecule has 0 saturated carbocycles. The van der Waals surface area contributed by atoms with Gasteiger partial charge in [-0.05, 0) is 37.3 Å². The summed E-state index contributed by atoms with van der Waals surface area (Å²) in [5.41, 5.74) is 3.22. The Bertz CT molecular complexity index is 924. The summed E-state index contributed by atoms with van der Waals surface area (Å²) in [6, 6.07) is 12.5. The van der Waals surface area contributed by atoms with Crippen LogP contribution >= 0.6 is 0 Å². The Kier molecular flexibility index (Phi) is 4.79. The largest absolute Gasteiger partial charge is 0.497 e. The molecule has 0 unspecified atom stereocenters. The Labute approximate surface area is 145 Å². The molecule has 2 aromatic carbocycles. The minimum atomic E-state index is -0.509. The number of nitrogens with zero attached hydrogens (tertiary/aromatic N) is 2. The summed E-state index contributed by atoms with van der Waals surface area (Å²) in [7, 11) is 3.03. The van der Waals surface area contributed by atoms with E-state index in [-0.39, 0.29) is 6.61 Å². The normalized spacial score (nSPS) is 10.5. The fourth-order valence-corrected chi connectivity index (χ4v) is 2.45. The van der Waals surface area contributed by atoms with Crippen molar-refractivity contribution in [1.82, 2.24) is 9.97 Å². The molecule has 0 amide bonds. The van der Waals surface area contributed by atoms with E-state index in [1.54, 1.807) is 18.2 Å². The van der Waals surface area contributed by atoms with E-state index in [1.807, 2.05) is 31.2 Å². The van der Waals surface area contributed by atoms with Crippen molar-refractivity contribution >= 4 is 17.0 Å². The van der Waals surface area contributed by atoms with Crippen LogP contribution in [0.5, 0.6) is 11.5 Å². The molecule has 6 heteroatoms. The maximum absolute atomic E-state index is 12.4. The molecule has 3 aromatic rings. The highest BCUT2D eigenvalue weighted by Crippen LogP contribution is 2.25. The SMILES string of the molecule is COc1ccc(OC)c(C(=O)OCc2nc3ccccc3nc2C)c1. The maximum Gasteiger partial charge on any atom is 0.342 e. The quantitative estimate of drug-likeness (QED) is 0.665. The van der Waals surface area contributed by atoms with Gasteiger partial charge in [0.2, 0.25) is 0 Å². The predicted molar refractivity (Wildman–Crippen MR) is 92.9 cm³/mol. The molecular formula is C19H18N2O4. The molecular weight excluding hydrogens is 320 g/mol. The van der Waals surface area contributed by atoms with Crippen LogP contribution in [-0.4, -0.2) is 30.2 Å². The molecule has 0 aliphatic rings. The summed E-state index contributed by atoms with van der Waals surface area (Å²) in [6.07, 6.45) is 0. The highest BCUT2D eigenvalue weighted by molar-refractivity contribution is 5.93. The van der Waals surface area contributed by atoms with E-state index in [9.17, 15) is 4.79 Å². The summed E-state index contributed by atoms with van der Waals surface area (Å²) < 4.78 is 15.8. The highest BCUT2D eigenvalue weighted by atomic mass is 16.5. The predicted octanol–water partition coefficient (Wildman–Crippen LogP) is 3.31. The number of benzene rings is 2. The lowest BCUT2D eigenvalue weighted by Gasteiger charge is -2.11. The fourth-order valence-electron chi connectivity index (χ4n) is 2.45. The Morgan fingerprint density at radius 2 is 1.72 bits per heavy atom. The summed E-state index contributed by atoms with van der Waals surface area (Å²) in [5, 5.41) is 0. The molecule has 0 saturated heterocycles. The number of carbonyl (C=O) groups is 1. The Morgan fingerprint density at radius 1 is 1.00 bits per heavy atom. The molecule has 0 N–H and O–H groups in total. The number of aryl methyl sites for hydroxylation is 1. The lowest BCUT2D eigenvalue weighted by Crippen LogP contribution is -2.09. The van der Waals surface area contributed by atoms with Crippen LogP contribution in [-0.2, 0) is 11.3 Å². The van der Waals surface area contributed by atoms with Crippen molar-refractivity contribution in [3.8, 4) is 11.5 Å². The first kappa shape index (κ1) is 16.7. The van der Waals surface area contributed by atoms with Gasteiger partial charge < -0.3 is 14.2 Å². The average Bonchev–Trinajstić information content (AvgIpc) is 2.65. The molecule has 1 aromatic heterocycles. The molecule has 0 aliphatic heterocycles. The van der Waals surface area contributed by atoms with Gasteiger partial charge in [-0.3, -0.25) is 0 Å². The van der Waals surface area contributed by atoms with Crippen LogP contribution in [0, 0.1) is 6.92 Å². The van der Waals surface area contributed by atoms with E-state index in [0.29, 0.717) is 22.8 Å². The first-order valence-electron chi connectivity index (χ1n) is 7.74. The number of esters is 1. The van der Waals surface area contributed by atoms with Crippen LogP contribution in [0.25, 0.3) is 11.0 Å². The lowest BCUT2D eigenvalue weighted by molar-refractivity contribution is 0.0463. The zero-order chi connectivity index (χ0) is 17.8. The molecule has 128 valence electrons. The molecule has 0 bridgehead atoms. The van der Waals surface area contributed by atoms with Gasteiger partial charge >= 0.3 is 5.97 Å². The Morgan fingerprint density at radius 3 is 2.40 bits per heavy atom. The first-order valence-corrected chi connectivity index (χ1v) is 7.74. The number of ether oxygens (including phenoxy) is 3. The number of carbonyl (C=O) groups excluding carboxylic acids is 1. The molecule has 6 nitrogen and oxygen atoms in total. The molecule has 0 fully saturated rings. The molecule has 0 radical (unpaired) electrons. The standard InChI is InChI=1S/C19H18N2O4/c1-12-17(21-16-7-5-4-6-15(16)20-12)11-25-19(22)14-10-13(23-2)8-9-18(14)24-3/h4-10H,11H2,1-3H3. The third kappa shape index (κ3) is 3.52. The van der Waals surface area contributed by atoms with Gasteiger partial charge in [-0.2, -0.15) is 0 Å². The topological polar surface area (TPSA) is 70.5 Å². The fraction of sp³-hybridized carbons (Fsp3) is 0.211. The van der Waals surface area contributed by atoms with Crippen molar-refractivity contribution in [2.75, 3.05) is 14.2 Å². The van der Waals surface area contributed by atoms with Crippen molar-refractivity contribution in [3.05, 3.63) is 59.4 Å². The molecule has 3 rings (SSSR count). The van der Waals surface area contributed by atoms with Crippen LogP contribution in [0.2, 0.25) is 0 Å². The van der Waals surface area contributed by atoms with Crippen molar-refractivity contribution in [1.29, 1.82) is 0 Å². The molecule has 1 heterocycles. The molecule has 0 aliphatic carbocycles. The van der Waals surface area contributed by atoms with Crippen molar-refractivity contribution in [2.45, 2.75) is 13.5 Å². The molecule has 0 atom stereocenters. The molecule has 0 spiro atoms. The monoisotopic (exact) mass is 338 g/mol. The minimum absolute atomic E-state index is 0.0306. The number of hydrogen-bond donors (Lipinski definition) is 0.